The highest BCUT2D eigenvalue weighted by Crippen LogP contribution is 2.39. The number of hydrogen-bond acceptors (Lipinski definition) is 1. The Bertz CT molecular complexity index is 1120. The Morgan fingerprint density at radius 3 is 2.58 bits per heavy atom. The highest BCUT2D eigenvalue weighted by atomic mass is 127. The Morgan fingerprint density at radius 1 is 1.05 bits per heavy atom. The van der Waals surface area contributed by atoms with E-state index in [1.165, 1.54) is 89.6 Å². The quantitative estimate of drug-likeness (QED) is 0.0901. The molecule has 2 aliphatic carbocycles. The molecule has 0 bridgehead atoms. The van der Waals surface area contributed by atoms with Gasteiger partial charge in [0.15, 0.2) is 0 Å². The second kappa shape index (κ2) is 15.1. The molecule has 1 unspecified atom stereocenters. The summed E-state index contributed by atoms with van der Waals surface area (Å²) in [5, 5.41) is 3.93. The first kappa shape index (κ1) is 29.2. The molecule has 1 heterocycles. The molecule has 1 aromatic rings. The van der Waals surface area contributed by atoms with Gasteiger partial charge in [0.25, 0.3) is 0 Å². The van der Waals surface area contributed by atoms with Crippen LogP contribution in [-0.4, -0.2) is 11.0 Å². The topological polar surface area (TPSA) is 12.0 Å². The fourth-order valence-electron chi connectivity index (χ4n) is 6.73. The third-order valence-electron chi connectivity index (χ3n) is 8.79. The lowest BCUT2D eigenvalue weighted by Gasteiger charge is -2.34. The molecular formula is C36H48IN. The van der Waals surface area contributed by atoms with Gasteiger partial charge in [-0.15, -0.1) is 0 Å². The molecule has 204 valence electrons. The minimum absolute atomic E-state index is 0.799. The van der Waals surface area contributed by atoms with Crippen molar-refractivity contribution in [2.24, 2.45) is 11.8 Å². The van der Waals surface area contributed by atoms with Crippen molar-refractivity contribution in [1.82, 2.24) is 5.32 Å². The molecule has 0 spiro atoms. The number of allylic oxidation sites excluding steroid dienone is 11. The van der Waals surface area contributed by atoms with Crippen LogP contribution in [0.4, 0.5) is 0 Å². The van der Waals surface area contributed by atoms with E-state index < -0.39 is 0 Å². The summed E-state index contributed by atoms with van der Waals surface area (Å²) in [4.78, 5) is 0. The summed E-state index contributed by atoms with van der Waals surface area (Å²) < 4.78 is 1.04. The number of rotatable bonds is 10. The van der Waals surface area contributed by atoms with E-state index in [0.29, 0.717) is 0 Å². The molecule has 0 amide bonds. The summed E-state index contributed by atoms with van der Waals surface area (Å²) in [6, 6.07) is 2.53. The molecule has 3 aliphatic rings. The van der Waals surface area contributed by atoms with Crippen LogP contribution in [-0.2, 0) is 6.42 Å². The summed E-state index contributed by atoms with van der Waals surface area (Å²) in [5.74, 6) is 1.71. The molecule has 0 radical (unpaired) electrons. The van der Waals surface area contributed by atoms with E-state index in [-0.39, 0.29) is 0 Å². The molecule has 0 saturated heterocycles. The maximum Gasteiger partial charge on any atom is 0.0376 e. The van der Waals surface area contributed by atoms with E-state index in [2.05, 4.69) is 109 Å². The van der Waals surface area contributed by atoms with Gasteiger partial charge in [0.2, 0.25) is 0 Å². The van der Waals surface area contributed by atoms with Crippen LogP contribution in [0.15, 0.2) is 60.8 Å². The summed E-state index contributed by atoms with van der Waals surface area (Å²) in [6.45, 7) is 7.94. The van der Waals surface area contributed by atoms with Crippen molar-refractivity contribution >= 4 is 39.4 Å². The number of nitrogens with one attached hydrogen (secondary N) is 1. The van der Waals surface area contributed by atoms with Crippen LogP contribution in [0.5, 0.6) is 0 Å². The Hall–Kier alpha value is -1.81. The van der Waals surface area contributed by atoms with Crippen molar-refractivity contribution in [3.05, 3.63) is 88.6 Å². The van der Waals surface area contributed by atoms with Gasteiger partial charge < -0.3 is 5.32 Å². The van der Waals surface area contributed by atoms with Crippen LogP contribution in [0.3, 0.4) is 0 Å². The molecule has 1 aliphatic heterocycles. The van der Waals surface area contributed by atoms with Gasteiger partial charge in [-0.1, -0.05) is 109 Å². The summed E-state index contributed by atoms with van der Waals surface area (Å²) in [7, 11) is 0. The molecule has 0 aromatic heterocycles. The normalized spacial score (nSPS) is 21.2. The highest BCUT2D eigenvalue weighted by Gasteiger charge is 2.27. The van der Waals surface area contributed by atoms with Crippen molar-refractivity contribution in [3.63, 3.8) is 0 Å². The van der Waals surface area contributed by atoms with E-state index in [4.69, 9.17) is 0 Å². The molecule has 38 heavy (non-hydrogen) atoms. The van der Waals surface area contributed by atoms with Crippen molar-refractivity contribution < 1.29 is 0 Å². The molecular weight excluding hydrogens is 573 g/mol. The van der Waals surface area contributed by atoms with Crippen LogP contribution < -0.4 is 5.32 Å². The van der Waals surface area contributed by atoms with E-state index in [1.54, 1.807) is 0 Å². The molecule has 1 nitrogen and oxygen atoms in total. The monoisotopic (exact) mass is 621 g/mol. The third-order valence-corrected chi connectivity index (χ3v) is 9.29. The highest BCUT2D eigenvalue weighted by molar-refractivity contribution is 14.1. The molecule has 1 atom stereocenters. The van der Waals surface area contributed by atoms with Gasteiger partial charge >= 0.3 is 0 Å². The summed E-state index contributed by atoms with van der Waals surface area (Å²) in [5.41, 5.74) is 11.4. The van der Waals surface area contributed by atoms with Gasteiger partial charge in [-0.2, -0.15) is 0 Å². The lowest BCUT2D eigenvalue weighted by Crippen LogP contribution is -2.32. The first-order valence-electron chi connectivity index (χ1n) is 15.1. The lowest BCUT2D eigenvalue weighted by atomic mass is 9.76. The van der Waals surface area contributed by atoms with E-state index >= 15 is 0 Å². The van der Waals surface area contributed by atoms with E-state index in [0.717, 1.165) is 48.5 Å². The summed E-state index contributed by atoms with van der Waals surface area (Å²) >= 11 is 2.42. The average Bonchev–Trinajstić information content (AvgIpc) is 2.96. The van der Waals surface area contributed by atoms with Crippen LogP contribution in [0.2, 0.25) is 0 Å². The zero-order valence-electron chi connectivity index (χ0n) is 24.0. The number of halogens is 1. The standard InChI is InChI=1S/C36H48IN/c1-4-5-6-13-21-32-34(30-19-11-8-12-20-30)25-33(28(3)36(32)27(2)16-14-15-24-37)35-23-22-31(26-38-35)29-17-9-7-10-18-29/h4-5,11,14-16,19-20,23,25,29,31,38H,6-10,12-13,17-18,21-22,24,26H2,1-3H3/b5-4-,15-14-,27-16+. The molecule has 1 saturated carbocycles. The zero-order chi connectivity index (χ0) is 26.7. The van der Waals surface area contributed by atoms with Gasteiger partial charge in [0.05, 0.1) is 0 Å². The van der Waals surface area contributed by atoms with Crippen molar-refractivity contribution in [1.29, 1.82) is 0 Å². The zero-order valence-corrected chi connectivity index (χ0v) is 26.2. The fraction of sp³-hybridized carbons (Fsp3) is 0.500. The molecule has 1 fully saturated rings. The Labute approximate surface area is 246 Å². The Kier molecular flexibility index (Phi) is 11.6. The summed E-state index contributed by atoms with van der Waals surface area (Å²) in [6.07, 6.45) is 35.1. The van der Waals surface area contributed by atoms with Crippen LogP contribution in [0.25, 0.3) is 16.8 Å². The largest absolute Gasteiger partial charge is 0.385 e. The van der Waals surface area contributed by atoms with Gasteiger partial charge in [-0.25, -0.2) is 0 Å². The Morgan fingerprint density at radius 2 is 1.89 bits per heavy atom. The third kappa shape index (κ3) is 7.43. The van der Waals surface area contributed by atoms with Gasteiger partial charge in [0, 0.05) is 22.2 Å². The second-order valence-corrected chi connectivity index (χ2v) is 12.3. The van der Waals surface area contributed by atoms with Crippen LogP contribution in [0, 0.1) is 18.8 Å². The molecule has 1 N–H and O–H groups in total. The van der Waals surface area contributed by atoms with Gasteiger partial charge in [-0.05, 0) is 111 Å². The number of unbranched alkanes of at least 4 members (excludes halogenated alkanes) is 1. The van der Waals surface area contributed by atoms with E-state index in [9.17, 15) is 0 Å². The SMILES string of the molecule is C/C=C\CCCc1c(C2=CCCC=C2)cc(C2=CCC(C3CCCCC3)CN2)c(C)c1/C(C)=C/C=C\CI. The predicted molar refractivity (Wildman–Crippen MR) is 178 cm³/mol. The van der Waals surface area contributed by atoms with Crippen LogP contribution in [0.1, 0.15) is 106 Å². The molecule has 4 rings (SSSR count). The minimum atomic E-state index is 0.799. The van der Waals surface area contributed by atoms with E-state index in [1.807, 2.05) is 0 Å². The lowest BCUT2D eigenvalue weighted by molar-refractivity contribution is 0.244. The van der Waals surface area contributed by atoms with Crippen molar-refractivity contribution in [2.75, 3.05) is 11.0 Å². The predicted octanol–water partition coefficient (Wildman–Crippen LogP) is 10.6. The first-order chi connectivity index (χ1) is 18.6. The first-order valence-corrected chi connectivity index (χ1v) is 16.7. The molecule has 2 heteroatoms. The number of hydrogen-bond donors (Lipinski definition) is 1. The van der Waals surface area contributed by atoms with Crippen molar-refractivity contribution in [3.8, 4) is 0 Å². The average molecular weight is 622 g/mol. The number of alkyl halides is 1. The maximum absolute atomic E-state index is 3.93. The van der Waals surface area contributed by atoms with Gasteiger partial charge in [0.1, 0.15) is 0 Å². The van der Waals surface area contributed by atoms with Gasteiger partial charge in [-0.3, -0.25) is 0 Å². The second-order valence-electron chi connectivity index (χ2n) is 11.4. The fourth-order valence-corrected chi connectivity index (χ4v) is 7.02. The van der Waals surface area contributed by atoms with Crippen molar-refractivity contribution in [2.45, 2.75) is 91.4 Å². The molecule has 1 aromatic carbocycles. The Balaban J connectivity index is 1.78. The van der Waals surface area contributed by atoms with Crippen LogP contribution >= 0.6 is 22.6 Å². The minimum Gasteiger partial charge on any atom is -0.385 e. The maximum atomic E-state index is 3.93. The number of benzene rings is 1. The smallest absolute Gasteiger partial charge is 0.0376 e.